The molecular weight excluding hydrogens is 471 g/mol. The van der Waals surface area contributed by atoms with E-state index in [9.17, 15) is 9.90 Å². The van der Waals surface area contributed by atoms with Crippen molar-refractivity contribution in [2.75, 3.05) is 24.6 Å². The molecule has 0 unspecified atom stereocenters. The molecule has 3 aromatic carbocycles. The number of benzene rings is 3. The van der Waals surface area contributed by atoms with Crippen LogP contribution >= 0.6 is 0 Å². The van der Waals surface area contributed by atoms with E-state index in [1.165, 1.54) is 25.7 Å². The predicted molar refractivity (Wildman–Crippen MR) is 141 cm³/mol. The zero-order valence-electron chi connectivity index (χ0n) is 20.9. The number of carbonyl (C=O) groups excluding carboxylic acids is 1. The molecule has 1 spiro atoms. The Bertz CT molecular complexity index is 1250. The summed E-state index contributed by atoms with van der Waals surface area (Å²) in [5, 5.41) is 9.49. The largest absolute Gasteiger partial charge is 0.488 e. The fourth-order valence-electron chi connectivity index (χ4n) is 5.22. The quantitative estimate of drug-likeness (QED) is 0.373. The molecule has 3 N–H and O–H groups in total. The van der Waals surface area contributed by atoms with Crippen LogP contribution in [0, 0.1) is 11.2 Å². The highest BCUT2D eigenvalue weighted by Gasteiger charge is 2.44. The number of piperidine rings is 1. The Hall–Kier alpha value is -3.42. The van der Waals surface area contributed by atoms with Gasteiger partial charge < -0.3 is 25.2 Å². The molecular formula is C30H33FN2O4. The molecule has 5 rings (SSSR count). The number of anilines is 1. The Morgan fingerprint density at radius 3 is 2.54 bits per heavy atom. The topological polar surface area (TPSA) is 85.0 Å². The summed E-state index contributed by atoms with van der Waals surface area (Å²) in [4.78, 5) is 13.0. The lowest BCUT2D eigenvalue weighted by Crippen LogP contribution is -2.34. The summed E-state index contributed by atoms with van der Waals surface area (Å²) in [5.41, 5.74) is 10.7. The average Bonchev–Trinajstić information content (AvgIpc) is 3.69. The summed E-state index contributed by atoms with van der Waals surface area (Å²) < 4.78 is 26.6. The van der Waals surface area contributed by atoms with Crippen molar-refractivity contribution in [2.45, 2.75) is 44.9 Å². The molecule has 37 heavy (non-hydrogen) atoms. The van der Waals surface area contributed by atoms with Crippen LogP contribution in [0.2, 0.25) is 0 Å². The lowest BCUT2D eigenvalue weighted by Gasteiger charge is -2.34. The monoisotopic (exact) mass is 504 g/mol. The first-order valence-corrected chi connectivity index (χ1v) is 12.8. The van der Waals surface area contributed by atoms with E-state index in [0.29, 0.717) is 28.8 Å². The maximum atomic E-state index is 15.6. The van der Waals surface area contributed by atoms with Crippen molar-refractivity contribution in [3.05, 3.63) is 83.2 Å². The lowest BCUT2D eigenvalue weighted by atomic mass is 9.92. The second-order valence-electron chi connectivity index (χ2n) is 10.2. The molecule has 7 heteroatoms. The Morgan fingerprint density at radius 2 is 1.81 bits per heavy atom. The van der Waals surface area contributed by atoms with Crippen LogP contribution in [0.25, 0.3) is 11.1 Å². The fourth-order valence-corrected chi connectivity index (χ4v) is 5.22. The van der Waals surface area contributed by atoms with Gasteiger partial charge in [-0.05, 0) is 66.5 Å². The molecule has 194 valence electrons. The Labute approximate surface area is 216 Å². The minimum atomic E-state index is -0.784. The number of carbonyl (C=O) groups is 1. The second kappa shape index (κ2) is 10.9. The van der Waals surface area contributed by atoms with Gasteiger partial charge in [0.05, 0.1) is 12.6 Å². The van der Waals surface area contributed by atoms with Gasteiger partial charge >= 0.3 is 0 Å². The minimum absolute atomic E-state index is 0.129. The molecule has 1 atom stereocenters. The van der Waals surface area contributed by atoms with Crippen LogP contribution in [0.4, 0.5) is 10.1 Å². The Morgan fingerprint density at radius 1 is 1.03 bits per heavy atom. The number of hydrogen-bond donors (Lipinski definition) is 2. The number of para-hydroxylation sites is 1. The van der Waals surface area contributed by atoms with Gasteiger partial charge in [-0.3, -0.25) is 4.79 Å². The molecule has 2 aliphatic rings. The standard InChI is InChI=1S/C30H33FN2O4/c31-29-25(5-3-6-26(29)27(32)17-34)23-14-21(18-37-28-7-2-1-4-22(28)19-36-20-35)15-24(16-23)33-12-10-30(8-9-30)11-13-33/h1-7,14-16,20,27,34H,8-13,17-19,32H2/t27-/m1/s1. The number of rotatable bonds is 10. The van der Waals surface area contributed by atoms with Crippen LogP contribution in [0.1, 0.15) is 48.4 Å². The van der Waals surface area contributed by atoms with Crippen LogP contribution in [-0.2, 0) is 22.7 Å². The molecule has 2 fully saturated rings. The van der Waals surface area contributed by atoms with E-state index in [1.807, 2.05) is 36.4 Å². The molecule has 1 aliphatic carbocycles. The maximum Gasteiger partial charge on any atom is 0.293 e. The average molecular weight is 505 g/mol. The highest BCUT2D eigenvalue weighted by Crippen LogP contribution is 2.54. The van der Waals surface area contributed by atoms with Crippen molar-refractivity contribution in [3.8, 4) is 16.9 Å². The maximum absolute atomic E-state index is 15.6. The second-order valence-corrected chi connectivity index (χ2v) is 10.2. The van der Waals surface area contributed by atoms with Crippen molar-refractivity contribution >= 4 is 12.2 Å². The van der Waals surface area contributed by atoms with Crippen molar-refractivity contribution in [1.29, 1.82) is 0 Å². The zero-order chi connectivity index (χ0) is 25.8. The van der Waals surface area contributed by atoms with Gasteiger partial charge in [-0.25, -0.2) is 4.39 Å². The molecule has 0 radical (unpaired) electrons. The highest BCUT2D eigenvalue weighted by atomic mass is 19.1. The number of nitrogens with two attached hydrogens (primary N) is 1. The van der Waals surface area contributed by atoms with Crippen molar-refractivity contribution in [1.82, 2.24) is 0 Å². The SMILES string of the molecule is N[C@H](CO)c1cccc(-c2cc(COc3ccccc3COC=O)cc(N3CCC4(CC3)CC4)c2)c1F. The first kappa shape index (κ1) is 25.2. The van der Waals surface area contributed by atoms with Gasteiger partial charge in [0.25, 0.3) is 6.47 Å². The van der Waals surface area contributed by atoms with Gasteiger partial charge in [-0.2, -0.15) is 0 Å². The van der Waals surface area contributed by atoms with Crippen LogP contribution in [-0.4, -0.2) is 31.3 Å². The van der Waals surface area contributed by atoms with E-state index in [0.717, 1.165) is 35.5 Å². The number of hydrogen-bond acceptors (Lipinski definition) is 6. The third-order valence-corrected chi connectivity index (χ3v) is 7.73. The summed E-state index contributed by atoms with van der Waals surface area (Å²) in [6.45, 7) is 2.45. The van der Waals surface area contributed by atoms with E-state index in [2.05, 4.69) is 11.0 Å². The van der Waals surface area contributed by atoms with Gasteiger partial charge in [0.15, 0.2) is 0 Å². The van der Waals surface area contributed by atoms with Crippen LogP contribution in [0.15, 0.2) is 60.7 Å². The molecule has 0 amide bonds. The number of aliphatic hydroxyl groups is 1. The number of nitrogens with zero attached hydrogens (tertiary/aromatic N) is 1. The van der Waals surface area contributed by atoms with Gasteiger partial charge in [0.2, 0.25) is 0 Å². The summed E-state index contributed by atoms with van der Waals surface area (Å²) in [6.07, 6.45) is 5.03. The summed E-state index contributed by atoms with van der Waals surface area (Å²) in [7, 11) is 0. The molecule has 1 saturated carbocycles. The van der Waals surface area contributed by atoms with E-state index in [4.69, 9.17) is 15.2 Å². The lowest BCUT2D eigenvalue weighted by molar-refractivity contribution is -0.129. The van der Waals surface area contributed by atoms with Gasteiger partial charge in [0.1, 0.15) is 24.8 Å². The van der Waals surface area contributed by atoms with E-state index in [1.54, 1.807) is 18.2 Å². The third kappa shape index (κ3) is 5.63. The molecule has 1 heterocycles. The summed E-state index contributed by atoms with van der Waals surface area (Å²) in [6, 6.07) is 17.9. The van der Waals surface area contributed by atoms with Crippen LogP contribution in [0.5, 0.6) is 5.75 Å². The molecule has 0 aromatic heterocycles. The van der Waals surface area contributed by atoms with E-state index in [-0.39, 0.29) is 19.8 Å². The van der Waals surface area contributed by atoms with Gasteiger partial charge in [-0.15, -0.1) is 0 Å². The number of aliphatic hydroxyl groups excluding tert-OH is 1. The Kier molecular flexibility index (Phi) is 7.44. The van der Waals surface area contributed by atoms with Crippen LogP contribution in [0.3, 0.4) is 0 Å². The van der Waals surface area contributed by atoms with Gasteiger partial charge in [0, 0.05) is 35.5 Å². The summed E-state index contributed by atoms with van der Waals surface area (Å²) in [5.74, 6) is 0.215. The van der Waals surface area contributed by atoms with E-state index < -0.39 is 11.9 Å². The first-order chi connectivity index (χ1) is 18.0. The first-order valence-electron chi connectivity index (χ1n) is 12.8. The van der Waals surface area contributed by atoms with Gasteiger partial charge in [-0.1, -0.05) is 36.4 Å². The predicted octanol–water partition coefficient (Wildman–Crippen LogP) is 5.12. The zero-order valence-corrected chi connectivity index (χ0v) is 20.9. The molecule has 3 aromatic rings. The van der Waals surface area contributed by atoms with Crippen molar-refractivity contribution < 1.29 is 23.8 Å². The molecule has 1 aliphatic heterocycles. The number of ether oxygens (including phenoxy) is 2. The fraction of sp³-hybridized carbons (Fsp3) is 0.367. The third-order valence-electron chi connectivity index (χ3n) is 7.73. The van der Waals surface area contributed by atoms with Crippen LogP contribution < -0.4 is 15.4 Å². The van der Waals surface area contributed by atoms with Crippen molar-refractivity contribution in [2.24, 2.45) is 11.1 Å². The van der Waals surface area contributed by atoms with Crippen molar-refractivity contribution in [3.63, 3.8) is 0 Å². The summed E-state index contributed by atoms with van der Waals surface area (Å²) >= 11 is 0. The number of halogens is 1. The smallest absolute Gasteiger partial charge is 0.293 e. The molecule has 6 nitrogen and oxygen atoms in total. The molecule has 1 saturated heterocycles. The van der Waals surface area contributed by atoms with E-state index >= 15 is 4.39 Å². The molecule has 0 bridgehead atoms. The highest BCUT2D eigenvalue weighted by molar-refractivity contribution is 5.71. The Balaban J connectivity index is 1.46. The normalized spacial score (nSPS) is 16.9. The minimum Gasteiger partial charge on any atom is -0.488 e.